The molecule has 0 saturated heterocycles. The summed E-state index contributed by atoms with van der Waals surface area (Å²) < 4.78 is 13.1. The summed E-state index contributed by atoms with van der Waals surface area (Å²) in [6.07, 6.45) is 0.159. The van der Waals surface area contributed by atoms with Crippen molar-refractivity contribution < 1.29 is 14.3 Å². The third kappa shape index (κ3) is 3.08. The van der Waals surface area contributed by atoms with Gasteiger partial charge >= 0.3 is 5.97 Å². The van der Waals surface area contributed by atoms with Gasteiger partial charge in [-0.3, -0.25) is 9.78 Å². The Balaban J connectivity index is 2.46. The van der Waals surface area contributed by atoms with E-state index in [9.17, 15) is 14.3 Å². The van der Waals surface area contributed by atoms with Crippen LogP contribution in [0.15, 0.2) is 42.5 Å². The average molecular weight is 288 g/mol. The van der Waals surface area contributed by atoms with E-state index in [1.807, 2.05) is 19.1 Å². The first kappa shape index (κ1) is 15.1. The molecule has 1 aromatic heterocycles. The minimum atomic E-state index is -1.31. The van der Waals surface area contributed by atoms with Crippen LogP contribution in [0.4, 0.5) is 4.39 Å². The van der Waals surface area contributed by atoms with Gasteiger partial charge in [-0.05, 0) is 36.8 Å². The van der Waals surface area contributed by atoms with E-state index in [4.69, 9.17) is 5.73 Å². The minimum Gasteiger partial charge on any atom is -0.481 e. The summed E-state index contributed by atoms with van der Waals surface area (Å²) >= 11 is 0. The molecule has 0 aliphatic carbocycles. The third-order valence-electron chi connectivity index (χ3n) is 3.58. The quantitative estimate of drug-likeness (QED) is 0.883. The van der Waals surface area contributed by atoms with E-state index in [1.54, 1.807) is 6.07 Å². The summed E-state index contributed by atoms with van der Waals surface area (Å²) in [6.45, 7) is 1.75. The van der Waals surface area contributed by atoms with Gasteiger partial charge < -0.3 is 10.8 Å². The Labute approximate surface area is 122 Å². The molecule has 0 aliphatic rings. The second-order valence-electron chi connectivity index (χ2n) is 5.05. The highest BCUT2D eigenvalue weighted by atomic mass is 19.1. The first-order valence-electron chi connectivity index (χ1n) is 6.60. The monoisotopic (exact) mass is 288 g/mol. The molecule has 110 valence electrons. The molecule has 0 saturated carbocycles. The SMILES string of the molecule is Cc1cccc(CC(CN)(C(=O)O)c2ccc(F)cc2)n1. The van der Waals surface area contributed by atoms with Crippen molar-refractivity contribution in [3.8, 4) is 0 Å². The van der Waals surface area contributed by atoms with Crippen LogP contribution in [0.3, 0.4) is 0 Å². The summed E-state index contributed by atoms with van der Waals surface area (Å²) in [5.74, 6) is -1.45. The molecule has 2 rings (SSSR count). The van der Waals surface area contributed by atoms with Crippen LogP contribution in [0.2, 0.25) is 0 Å². The number of carbonyl (C=O) groups is 1. The number of aliphatic carboxylic acids is 1. The van der Waals surface area contributed by atoms with Crippen LogP contribution < -0.4 is 5.73 Å². The zero-order chi connectivity index (χ0) is 15.5. The van der Waals surface area contributed by atoms with Gasteiger partial charge in [0.15, 0.2) is 0 Å². The molecule has 0 fully saturated rings. The van der Waals surface area contributed by atoms with Crippen molar-refractivity contribution in [2.75, 3.05) is 6.54 Å². The summed E-state index contributed by atoms with van der Waals surface area (Å²) in [6, 6.07) is 10.8. The Morgan fingerprint density at radius 2 is 1.95 bits per heavy atom. The molecule has 3 N–H and O–H groups in total. The Hall–Kier alpha value is -2.27. The largest absolute Gasteiger partial charge is 0.481 e. The van der Waals surface area contributed by atoms with Gasteiger partial charge in [0, 0.05) is 24.4 Å². The number of hydrogen-bond acceptors (Lipinski definition) is 3. The molecular weight excluding hydrogens is 271 g/mol. The smallest absolute Gasteiger partial charge is 0.315 e. The molecule has 0 bridgehead atoms. The lowest BCUT2D eigenvalue weighted by Gasteiger charge is -2.28. The first-order valence-corrected chi connectivity index (χ1v) is 6.60. The predicted octanol–water partition coefficient (Wildman–Crippen LogP) is 2.05. The van der Waals surface area contributed by atoms with Crippen molar-refractivity contribution >= 4 is 5.97 Å². The van der Waals surface area contributed by atoms with E-state index in [2.05, 4.69) is 4.98 Å². The molecular formula is C16H17FN2O2. The number of halogens is 1. The van der Waals surface area contributed by atoms with Crippen LogP contribution in [-0.2, 0) is 16.6 Å². The Kier molecular flexibility index (Phi) is 4.33. The van der Waals surface area contributed by atoms with Crippen LogP contribution in [0, 0.1) is 12.7 Å². The Bertz CT molecular complexity index is 643. The van der Waals surface area contributed by atoms with E-state index in [0.29, 0.717) is 11.3 Å². The Morgan fingerprint density at radius 1 is 1.29 bits per heavy atom. The van der Waals surface area contributed by atoms with E-state index < -0.39 is 17.2 Å². The first-order chi connectivity index (χ1) is 9.98. The normalized spacial score (nSPS) is 13.7. The summed E-state index contributed by atoms with van der Waals surface area (Å²) in [5, 5.41) is 9.68. The number of carboxylic acids is 1. The van der Waals surface area contributed by atoms with Gasteiger partial charge in [-0.1, -0.05) is 18.2 Å². The second-order valence-corrected chi connectivity index (χ2v) is 5.05. The van der Waals surface area contributed by atoms with E-state index >= 15 is 0 Å². The van der Waals surface area contributed by atoms with Crippen LogP contribution in [0.1, 0.15) is 17.0 Å². The zero-order valence-corrected chi connectivity index (χ0v) is 11.7. The molecule has 1 unspecified atom stereocenters. The summed E-state index contributed by atoms with van der Waals surface area (Å²) in [5.41, 5.74) is 6.38. The van der Waals surface area contributed by atoms with Gasteiger partial charge in [0.1, 0.15) is 11.2 Å². The fraction of sp³-hybridized carbons (Fsp3) is 0.250. The maximum absolute atomic E-state index is 13.1. The van der Waals surface area contributed by atoms with Gasteiger partial charge in [0.25, 0.3) is 0 Å². The standard InChI is InChI=1S/C16H17FN2O2/c1-11-3-2-4-14(19-11)9-16(10-18,15(20)21)12-5-7-13(17)8-6-12/h2-8H,9-10,18H2,1H3,(H,20,21). The van der Waals surface area contributed by atoms with Crippen molar-refractivity contribution in [3.63, 3.8) is 0 Å². The van der Waals surface area contributed by atoms with Crippen molar-refractivity contribution in [2.45, 2.75) is 18.8 Å². The molecule has 0 radical (unpaired) electrons. The molecule has 4 nitrogen and oxygen atoms in total. The van der Waals surface area contributed by atoms with Crippen molar-refractivity contribution in [1.82, 2.24) is 4.98 Å². The highest BCUT2D eigenvalue weighted by Gasteiger charge is 2.39. The number of rotatable bonds is 5. The number of nitrogens with zero attached hydrogens (tertiary/aromatic N) is 1. The van der Waals surface area contributed by atoms with Gasteiger partial charge in [0.2, 0.25) is 0 Å². The molecule has 1 heterocycles. The lowest BCUT2D eigenvalue weighted by Crippen LogP contribution is -2.45. The van der Waals surface area contributed by atoms with Crippen LogP contribution in [-0.4, -0.2) is 22.6 Å². The predicted molar refractivity (Wildman–Crippen MR) is 77.4 cm³/mol. The number of carboxylic acid groups (broad SMARTS) is 1. The fourth-order valence-corrected chi connectivity index (χ4v) is 2.35. The van der Waals surface area contributed by atoms with Crippen LogP contribution >= 0.6 is 0 Å². The summed E-state index contributed by atoms with van der Waals surface area (Å²) in [4.78, 5) is 16.2. The molecule has 21 heavy (non-hydrogen) atoms. The lowest BCUT2D eigenvalue weighted by atomic mass is 9.76. The van der Waals surface area contributed by atoms with Crippen molar-refractivity contribution in [1.29, 1.82) is 0 Å². The van der Waals surface area contributed by atoms with E-state index in [1.165, 1.54) is 24.3 Å². The average Bonchev–Trinajstić information content (AvgIpc) is 2.45. The number of hydrogen-bond donors (Lipinski definition) is 2. The minimum absolute atomic E-state index is 0.0937. The number of aryl methyl sites for hydroxylation is 1. The van der Waals surface area contributed by atoms with Gasteiger partial charge in [-0.25, -0.2) is 4.39 Å². The van der Waals surface area contributed by atoms with Gasteiger partial charge in [-0.2, -0.15) is 0 Å². The van der Waals surface area contributed by atoms with Crippen LogP contribution in [0.5, 0.6) is 0 Å². The molecule has 0 amide bonds. The maximum Gasteiger partial charge on any atom is 0.315 e. The highest BCUT2D eigenvalue weighted by Crippen LogP contribution is 2.28. The number of aromatic nitrogens is 1. The number of benzene rings is 1. The molecule has 1 aromatic carbocycles. The fourth-order valence-electron chi connectivity index (χ4n) is 2.35. The number of nitrogens with two attached hydrogens (primary N) is 1. The molecule has 1 atom stereocenters. The third-order valence-corrected chi connectivity index (χ3v) is 3.58. The Morgan fingerprint density at radius 3 is 2.48 bits per heavy atom. The maximum atomic E-state index is 13.1. The second kappa shape index (κ2) is 6.01. The molecule has 2 aromatic rings. The van der Waals surface area contributed by atoms with E-state index in [0.717, 1.165) is 5.69 Å². The molecule has 5 heteroatoms. The molecule has 0 spiro atoms. The van der Waals surface area contributed by atoms with Gasteiger partial charge in [-0.15, -0.1) is 0 Å². The molecule has 0 aliphatic heterocycles. The lowest BCUT2D eigenvalue weighted by molar-refractivity contribution is -0.143. The zero-order valence-electron chi connectivity index (χ0n) is 11.7. The van der Waals surface area contributed by atoms with Crippen molar-refractivity contribution in [3.05, 3.63) is 65.2 Å². The van der Waals surface area contributed by atoms with Crippen molar-refractivity contribution in [2.24, 2.45) is 5.73 Å². The topological polar surface area (TPSA) is 76.2 Å². The highest BCUT2D eigenvalue weighted by molar-refractivity contribution is 5.82. The van der Waals surface area contributed by atoms with Gasteiger partial charge in [0.05, 0.1) is 0 Å². The van der Waals surface area contributed by atoms with Crippen LogP contribution in [0.25, 0.3) is 0 Å². The summed E-state index contributed by atoms with van der Waals surface area (Å²) in [7, 11) is 0. The van der Waals surface area contributed by atoms with E-state index in [-0.39, 0.29) is 13.0 Å². The number of pyridine rings is 1.